The lowest BCUT2D eigenvalue weighted by molar-refractivity contribution is -0.0867. The van der Waals surface area contributed by atoms with E-state index in [1.807, 2.05) is 6.07 Å². The van der Waals surface area contributed by atoms with Crippen molar-refractivity contribution in [2.45, 2.75) is 89.7 Å². The fraction of sp³-hybridized carbons (Fsp3) is 0.724. The van der Waals surface area contributed by atoms with Crippen molar-refractivity contribution in [3.63, 3.8) is 0 Å². The summed E-state index contributed by atoms with van der Waals surface area (Å²) in [4.78, 5) is 26.0. The van der Waals surface area contributed by atoms with Gasteiger partial charge in [-0.1, -0.05) is 25.5 Å². The first-order valence-corrected chi connectivity index (χ1v) is 13.8. The highest BCUT2D eigenvalue weighted by molar-refractivity contribution is 5.68. The lowest BCUT2D eigenvalue weighted by atomic mass is 9.46. The Bertz CT molecular complexity index is 1060. The van der Waals surface area contributed by atoms with Crippen molar-refractivity contribution < 1.29 is 13.9 Å². The Hall–Kier alpha value is -2.08. The van der Waals surface area contributed by atoms with Gasteiger partial charge in [0, 0.05) is 25.2 Å². The maximum absolute atomic E-state index is 12.7. The van der Waals surface area contributed by atoms with Crippen LogP contribution in [-0.4, -0.2) is 36.2 Å². The van der Waals surface area contributed by atoms with Crippen LogP contribution < -0.4 is 11.4 Å². The first-order valence-electron chi connectivity index (χ1n) is 13.8. The zero-order valence-corrected chi connectivity index (χ0v) is 21.2. The van der Waals surface area contributed by atoms with Crippen molar-refractivity contribution in [2.75, 3.05) is 13.1 Å². The summed E-state index contributed by atoms with van der Waals surface area (Å²) in [6.45, 7) is 6.34. The number of hydrogen-bond acceptors (Lipinski definition) is 5. The smallest absolute Gasteiger partial charge is 0.410 e. The summed E-state index contributed by atoms with van der Waals surface area (Å²) in [5.74, 6) is 2.39. The van der Waals surface area contributed by atoms with Crippen LogP contribution in [0, 0.1) is 28.6 Å². The molecule has 3 saturated carbocycles. The molecule has 1 aromatic rings. The second-order valence-corrected chi connectivity index (χ2v) is 12.6. The van der Waals surface area contributed by atoms with Gasteiger partial charge in [-0.05, 0) is 104 Å². The van der Waals surface area contributed by atoms with E-state index in [4.69, 9.17) is 14.9 Å². The largest absolute Gasteiger partial charge is 0.446 e. The van der Waals surface area contributed by atoms with Crippen molar-refractivity contribution in [2.24, 2.45) is 34.3 Å². The number of hydrogen-bond donors (Lipinski definition) is 1. The molecule has 2 N–H and O–H groups in total. The van der Waals surface area contributed by atoms with Crippen LogP contribution in [-0.2, 0) is 4.74 Å². The van der Waals surface area contributed by atoms with Gasteiger partial charge in [0.05, 0.1) is 6.26 Å². The quantitative estimate of drug-likeness (QED) is 0.586. The van der Waals surface area contributed by atoms with Crippen LogP contribution >= 0.6 is 0 Å². The van der Waals surface area contributed by atoms with Gasteiger partial charge in [-0.3, -0.25) is 0 Å². The Morgan fingerprint density at radius 2 is 2.00 bits per heavy atom. The molecule has 8 atom stereocenters. The average Bonchev–Trinajstić information content (AvgIpc) is 3.43. The van der Waals surface area contributed by atoms with E-state index in [2.05, 4.69) is 19.9 Å². The van der Waals surface area contributed by atoms with Gasteiger partial charge in [0.15, 0.2) is 0 Å². The van der Waals surface area contributed by atoms with E-state index in [1.54, 1.807) is 22.8 Å². The van der Waals surface area contributed by atoms with Gasteiger partial charge in [0.2, 0.25) is 0 Å². The highest BCUT2D eigenvalue weighted by Gasteiger charge is 2.58. The SMILES string of the molecule is CC12CCC3C(CCC4CC(OC(=O)N5CCC(N)C5)CCC43C)C1=CCC2c1ccc(=O)oc1. The Kier molecular flexibility index (Phi) is 5.66. The highest BCUT2D eigenvalue weighted by atomic mass is 16.6. The van der Waals surface area contributed by atoms with Crippen LogP contribution in [0.4, 0.5) is 4.79 Å². The third kappa shape index (κ3) is 3.78. The van der Waals surface area contributed by atoms with Gasteiger partial charge in [-0.15, -0.1) is 0 Å². The molecule has 1 saturated heterocycles. The normalized spacial score (nSPS) is 42.6. The molecule has 0 spiro atoms. The summed E-state index contributed by atoms with van der Waals surface area (Å²) in [6.07, 6.45) is 14.1. The molecule has 190 valence electrons. The topological polar surface area (TPSA) is 85.8 Å². The summed E-state index contributed by atoms with van der Waals surface area (Å²) in [5.41, 5.74) is 9.03. The molecule has 4 fully saturated rings. The highest BCUT2D eigenvalue weighted by Crippen LogP contribution is 2.67. The summed E-state index contributed by atoms with van der Waals surface area (Å²) in [5, 5.41) is 0. The number of carbonyl (C=O) groups is 1. The standard InChI is InChI=1S/C29H40N2O4/c1-28-12-9-21(35-27(33)31-14-11-20(30)16-31)15-19(28)4-5-22-24-7-6-23(18-3-8-26(32)34-17-18)29(24,2)13-10-25(22)28/h3,7-8,17,19-23,25H,4-6,9-16,30H2,1-2H3. The van der Waals surface area contributed by atoms with E-state index in [9.17, 15) is 9.59 Å². The molecule has 0 bridgehead atoms. The van der Waals surface area contributed by atoms with Crippen LogP contribution in [0.5, 0.6) is 0 Å². The number of likely N-dealkylation sites (tertiary alicyclic amines) is 1. The van der Waals surface area contributed by atoms with Gasteiger partial charge in [-0.2, -0.15) is 0 Å². The van der Waals surface area contributed by atoms with E-state index in [0.29, 0.717) is 35.6 Å². The van der Waals surface area contributed by atoms with Crippen LogP contribution in [0.15, 0.2) is 39.3 Å². The fourth-order valence-electron chi connectivity index (χ4n) is 8.90. The number of nitrogens with two attached hydrogens (primary N) is 1. The zero-order chi connectivity index (χ0) is 24.4. The first kappa shape index (κ1) is 23.3. The Morgan fingerprint density at radius 3 is 2.74 bits per heavy atom. The summed E-state index contributed by atoms with van der Waals surface area (Å²) >= 11 is 0. The molecule has 6 rings (SSSR count). The number of ether oxygens (including phenoxy) is 1. The molecule has 1 aromatic heterocycles. The lowest BCUT2D eigenvalue weighted by Gasteiger charge is -2.59. The number of nitrogens with zero attached hydrogens (tertiary/aromatic N) is 1. The molecule has 1 aliphatic heterocycles. The van der Waals surface area contributed by atoms with Crippen molar-refractivity contribution in [1.82, 2.24) is 4.90 Å². The van der Waals surface area contributed by atoms with Gasteiger partial charge >= 0.3 is 11.7 Å². The number of allylic oxidation sites excluding steroid dienone is 2. The molecular formula is C29H40N2O4. The molecular weight excluding hydrogens is 440 g/mol. The monoisotopic (exact) mass is 480 g/mol. The lowest BCUT2D eigenvalue weighted by Crippen LogP contribution is -2.52. The minimum Gasteiger partial charge on any atom is -0.446 e. The van der Waals surface area contributed by atoms with Crippen molar-refractivity contribution >= 4 is 6.09 Å². The number of rotatable bonds is 2. The second kappa shape index (κ2) is 8.50. The number of amides is 1. The van der Waals surface area contributed by atoms with Crippen LogP contribution in [0.3, 0.4) is 0 Å². The molecule has 0 aromatic carbocycles. The van der Waals surface area contributed by atoms with Crippen molar-refractivity contribution in [1.29, 1.82) is 0 Å². The van der Waals surface area contributed by atoms with Crippen LogP contribution in [0.2, 0.25) is 0 Å². The molecule has 1 amide bonds. The van der Waals surface area contributed by atoms with E-state index >= 15 is 0 Å². The Balaban J connectivity index is 1.15. The maximum Gasteiger partial charge on any atom is 0.410 e. The molecule has 6 nitrogen and oxygen atoms in total. The van der Waals surface area contributed by atoms with Gasteiger partial charge in [0.1, 0.15) is 6.10 Å². The van der Waals surface area contributed by atoms with E-state index < -0.39 is 0 Å². The van der Waals surface area contributed by atoms with Crippen molar-refractivity contribution in [3.05, 3.63) is 46.0 Å². The summed E-state index contributed by atoms with van der Waals surface area (Å²) < 4.78 is 11.2. The summed E-state index contributed by atoms with van der Waals surface area (Å²) in [6, 6.07) is 3.63. The Morgan fingerprint density at radius 1 is 1.14 bits per heavy atom. The van der Waals surface area contributed by atoms with E-state index in [-0.39, 0.29) is 29.3 Å². The second-order valence-electron chi connectivity index (χ2n) is 12.6. The zero-order valence-electron chi connectivity index (χ0n) is 21.2. The molecule has 8 unspecified atom stereocenters. The first-order chi connectivity index (χ1) is 16.8. The summed E-state index contributed by atoms with van der Waals surface area (Å²) in [7, 11) is 0. The average molecular weight is 481 g/mol. The predicted octanol–water partition coefficient (Wildman–Crippen LogP) is 5.22. The van der Waals surface area contributed by atoms with E-state index in [1.165, 1.54) is 25.7 Å². The van der Waals surface area contributed by atoms with Crippen LogP contribution in [0.1, 0.15) is 83.1 Å². The van der Waals surface area contributed by atoms with E-state index in [0.717, 1.165) is 44.2 Å². The third-order valence-corrected chi connectivity index (χ3v) is 10.9. The number of carbonyl (C=O) groups excluding carboxylic acids is 1. The maximum atomic E-state index is 12.7. The minimum atomic E-state index is -0.273. The van der Waals surface area contributed by atoms with Crippen LogP contribution in [0.25, 0.3) is 0 Å². The van der Waals surface area contributed by atoms with Gasteiger partial charge in [0.25, 0.3) is 0 Å². The predicted molar refractivity (Wildman–Crippen MR) is 134 cm³/mol. The minimum absolute atomic E-state index is 0.0469. The molecule has 0 radical (unpaired) electrons. The van der Waals surface area contributed by atoms with Gasteiger partial charge < -0.3 is 19.8 Å². The fourth-order valence-corrected chi connectivity index (χ4v) is 8.90. The van der Waals surface area contributed by atoms with Gasteiger partial charge in [-0.25, -0.2) is 9.59 Å². The molecule has 5 aliphatic rings. The van der Waals surface area contributed by atoms with Crippen molar-refractivity contribution in [3.8, 4) is 0 Å². The molecule has 35 heavy (non-hydrogen) atoms. The Labute approximate surface area is 208 Å². The molecule has 6 heteroatoms. The molecule has 2 heterocycles. The number of fused-ring (bicyclic) bond motifs is 5. The molecule has 4 aliphatic carbocycles. The third-order valence-electron chi connectivity index (χ3n) is 10.9.